The Kier molecular flexibility index (Phi) is 5.55. The Balaban J connectivity index is 1.87. The lowest BCUT2D eigenvalue weighted by atomic mass is 10.1. The Bertz CT molecular complexity index is 777. The summed E-state index contributed by atoms with van der Waals surface area (Å²) >= 11 is 1.22. The summed E-state index contributed by atoms with van der Waals surface area (Å²) in [5.41, 5.74) is -0.298. The molecule has 25 heavy (non-hydrogen) atoms. The molecule has 0 amide bonds. The van der Waals surface area contributed by atoms with Gasteiger partial charge in [0, 0.05) is 24.3 Å². The van der Waals surface area contributed by atoms with Gasteiger partial charge in [0.05, 0.1) is 18.6 Å². The van der Waals surface area contributed by atoms with Gasteiger partial charge >= 0.3 is 0 Å². The number of benzene rings is 1. The molecule has 1 N–H and O–H groups in total. The number of carbonyl (C=O) groups is 1. The first-order chi connectivity index (χ1) is 12.0. The van der Waals surface area contributed by atoms with Crippen LogP contribution in [0.5, 0.6) is 0 Å². The van der Waals surface area contributed by atoms with Crippen molar-refractivity contribution in [3.63, 3.8) is 0 Å². The second kappa shape index (κ2) is 7.67. The van der Waals surface area contributed by atoms with Gasteiger partial charge in [-0.2, -0.15) is 4.39 Å². The van der Waals surface area contributed by atoms with Crippen LogP contribution < -0.4 is 5.32 Å². The molecule has 136 valence electrons. The molecular weight excluding hydrogens is 354 g/mol. The van der Waals surface area contributed by atoms with Crippen LogP contribution in [0, 0.1) is 11.6 Å². The minimum absolute atomic E-state index is 0.0181. The molecule has 0 aliphatic carbocycles. The Labute approximate surface area is 147 Å². The minimum atomic E-state index is -1.13. The molecule has 1 fully saturated rings. The molecule has 0 spiro atoms. The van der Waals surface area contributed by atoms with E-state index in [0.717, 1.165) is 6.42 Å². The molecule has 0 saturated carbocycles. The maximum absolute atomic E-state index is 14.3. The van der Waals surface area contributed by atoms with Crippen LogP contribution in [0.4, 0.5) is 14.6 Å². The third kappa shape index (κ3) is 3.78. The monoisotopic (exact) mass is 372 g/mol. The first-order valence-corrected chi connectivity index (χ1v) is 8.80. The largest absolute Gasteiger partial charge is 0.366 e. The molecule has 1 atom stereocenters. The summed E-state index contributed by atoms with van der Waals surface area (Å²) in [5.74, 6) is -1.91. The molecular formula is C16H18F2N2O4S. The predicted octanol–water partition coefficient (Wildman–Crippen LogP) is 3.62. The van der Waals surface area contributed by atoms with E-state index in [9.17, 15) is 13.6 Å². The number of anilines is 1. The van der Waals surface area contributed by atoms with Crippen LogP contribution in [0.3, 0.4) is 0 Å². The molecule has 2 heterocycles. The second-order valence-electron chi connectivity index (χ2n) is 5.60. The second-order valence-corrected chi connectivity index (χ2v) is 7.07. The number of hydrogen-bond acceptors (Lipinski definition) is 7. The topological polar surface area (TPSA) is 73.6 Å². The van der Waals surface area contributed by atoms with E-state index in [4.69, 9.17) is 14.0 Å². The fraction of sp³-hybridized carbons (Fsp3) is 0.500. The van der Waals surface area contributed by atoms with Crippen molar-refractivity contribution in [1.82, 2.24) is 5.16 Å². The minimum Gasteiger partial charge on any atom is -0.366 e. The summed E-state index contributed by atoms with van der Waals surface area (Å²) in [4.78, 5) is 11.2. The molecule has 1 saturated heterocycles. The molecule has 3 rings (SSSR count). The van der Waals surface area contributed by atoms with E-state index in [-0.39, 0.29) is 27.3 Å². The fourth-order valence-electron chi connectivity index (χ4n) is 2.59. The van der Waals surface area contributed by atoms with Gasteiger partial charge in [0.15, 0.2) is 23.0 Å². The van der Waals surface area contributed by atoms with Crippen molar-refractivity contribution in [3.8, 4) is 0 Å². The van der Waals surface area contributed by atoms with E-state index in [2.05, 4.69) is 10.5 Å². The van der Waals surface area contributed by atoms with Gasteiger partial charge in [0.1, 0.15) is 0 Å². The number of carbonyl (C=O) groups excluding carboxylic acids is 1. The fourth-order valence-corrected chi connectivity index (χ4v) is 3.39. The lowest BCUT2D eigenvalue weighted by Crippen LogP contribution is -2.17. The van der Waals surface area contributed by atoms with E-state index in [1.807, 2.05) is 6.92 Å². The maximum atomic E-state index is 14.3. The zero-order chi connectivity index (χ0) is 18.0. The summed E-state index contributed by atoms with van der Waals surface area (Å²) in [6, 6.07) is 1.42. The Hall–Kier alpha value is -1.71. The van der Waals surface area contributed by atoms with Crippen LogP contribution >= 0.6 is 11.8 Å². The SMILES string of the molecule is CC[C@H](CNc1noc2c(F)c(F)c(C3OCCO3)cc12)SC(C)=O. The van der Waals surface area contributed by atoms with Gasteiger partial charge in [0.25, 0.3) is 0 Å². The number of fused-ring (bicyclic) bond motifs is 1. The van der Waals surface area contributed by atoms with Gasteiger partial charge in [-0.1, -0.05) is 23.8 Å². The van der Waals surface area contributed by atoms with Gasteiger partial charge in [-0.05, 0) is 12.5 Å². The van der Waals surface area contributed by atoms with Crippen LogP contribution in [0.1, 0.15) is 32.1 Å². The van der Waals surface area contributed by atoms with Gasteiger partial charge in [-0.25, -0.2) is 4.39 Å². The lowest BCUT2D eigenvalue weighted by molar-refractivity contribution is -0.109. The smallest absolute Gasteiger partial charge is 0.207 e. The predicted molar refractivity (Wildman–Crippen MR) is 89.4 cm³/mol. The number of aromatic nitrogens is 1. The summed E-state index contributed by atoms with van der Waals surface area (Å²) in [5, 5.41) is 7.18. The van der Waals surface area contributed by atoms with E-state index in [1.54, 1.807) is 0 Å². The van der Waals surface area contributed by atoms with Gasteiger partial charge in [0.2, 0.25) is 11.4 Å². The highest BCUT2D eigenvalue weighted by Gasteiger charge is 2.28. The molecule has 1 aliphatic heterocycles. The zero-order valence-corrected chi connectivity index (χ0v) is 14.6. The highest BCUT2D eigenvalue weighted by Crippen LogP contribution is 2.34. The number of halogens is 2. The summed E-state index contributed by atoms with van der Waals surface area (Å²) in [6.07, 6.45) is -0.177. The Morgan fingerprint density at radius 1 is 1.40 bits per heavy atom. The van der Waals surface area contributed by atoms with E-state index >= 15 is 0 Å². The van der Waals surface area contributed by atoms with Crippen LogP contribution in [-0.4, -0.2) is 35.3 Å². The van der Waals surface area contributed by atoms with Gasteiger partial charge < -0.3 is 19.3 Å². The van der Waals surface area contributed by atoms with E-state index in [0.29, 0.717) is 25.1 Å². The lowest BCUT2D eigenvalue weighted by Gasteiger charge is -2.13. The zero-order valence-electron chi connectivity index (χ0n) is 13.8. The van der Waals surface area contributed by atoms with Crippen LogP contribution in [-0.2, 0) is 14.3 Å². The van der Waals surface area contributed by atoms with Crippen molar-refractivity contribution < 1.29 is 27.6 Å². The van der Waals surface area contributed by atoms with Crippen LogP contribution in [0.15, 0.2) is 10.6 Å². The van der Waals surface area contributed by atoms with E-state index < -0.39 is 17.9 Å². The number of nitrogens with one attached hydrogen (secondary N) is 1. The van der Waals surface area contributed by atoms with Gasteiger partial charge in [-0.15, -0.1) is 0 Å². The summed E-state index contributed by atoms with van der Waals surface area (Å²) in [7, 11) is 0. The van der Waals surface area contributed by atoms with Crippen molar-refractivity contribution in [2.24, 2.45) is 0 Å². The number of thioether (sulfide) groups is 1. The molecule has 1 aliphatic rings. The average Bonchev–Trinajstić information content (AvgIpc) is 3.24. The normalized spacial score (nSPS) is 16.5. The first-order valence-electron chi connectivity index (χ1n) is 7.92. The third-order valence-corrected chi connectivity index (χ3v) is 5.00. The van der Waals surface area contributed by atoms with Gasteiger partial charge in [-0.3, -0.25) is 4.79 Å². The van der Waals surface area contributed by atoms with Crippen LogP contribution in [0.2, 0.25) is 0 Å². The molecule has 1 aromatic carbocycles. The van der Waals surface area contributed by atoms with Crippen molar-refractivity contribution in [3.05, 3.63) is 23.3 Å². The van der Waals surface area contributed by atoms with Crippen molar-refractivity contribution in [1.29, 1.82) is 0 Å². The Morgan fingerprint density at radius 3 is 2.76 bits per heavy atom. The van der Waals surface area contributed by atoms with Crippen molar-refractivity contribution in [2.75, 3.05) is 25.1 Å². The quantitative estimate of drug-likeness (QED) is 0.830. The highest BCUT2D eigenvalue weighted by molar-refractivity contribution is 8.14. The summed E-state index contributed by atoms with van der Waals surface area (Å²) < 4.78 is 43.9. The number of rotatable bonds is 6. The Morgan fingerprint density at radius 2 is 2.12 bits per heavy atom. The maximum Gasteiger partial charge on any atom is 0.207 e. The van der Waals surface area contributed by atoms with Crippen molar-refractivity contribution >= 4 is 33.7 Å². The number of nitrogens with zero attached hydrogens (tertiary/aromatic N) is 1. The average molecular weight is 372 g/mol. The first kappa shape index (κ1) is 18.1. The number of hydrogen-bond donors (Lipinski definition) is 1. The molecule has 6 nitrogen and oxygen atoms in total. The standard InChI is InChI=1S/C16H18F2N2O4S/c1-3-9(25-8(2)21)7-19-15-11-6-10(16-22-4-5-23-16)12(17)13(18)14(11)24-20-15/h6,9,16H,3-5,7H2,1-2H3,(H,19,20)/t9-/m1/s1. The van der Waals surface area contributed by atoms with Crippen molar-refractivity contribution in [2.45, 2.75) is 31.8 Å². The summed E-state index contributed by atoms with van der Waals surface area (Å²) in [6.45, 7) is 4.54. The number of ether oxygens (including phenoxy) is 2. The molecule has 9 heteroatoms. The molecule has 0 bridgehead atoms. The van der Waals surface area contributed by atoms with E-state index in [1.165, 1.54) is 24.8 Å². The third-order valence-electron chi connectivity index (χ3n) is 3.83. The van der Waals surface area contributed by atoms with Crippen LogP contribution in [0.25, 0.3) is 11.0 Å². The molecule has 2 aromatic rings. The molecule has 0 radical (unpaired) electrons. The highest BCUT2D eigenvalue weighted by atomic mass is 32.2. The molecule has 0 unspecified atom stereocenters. The molecule has 1 aromatic heterocycles.